The quantitative estimate of drug-likeness (QED) is 0.257. The van der Waals surface area contributed by atoms with Crippen molar-refractivity contribution in [2.24, 2.45) is 4.66 Å². The molecule has 0 spiro atoms. The summed E-state index contributed by atoms with van der Waals surface area (Å²) in [5.41, 5.74) is 1.72. The molecule has 0 rings (SSSR count). The molecule has 0 fully saturated rings. The first-order valence-electron chi connectivity index (χ1n) is 2.62. The highest BCUT2D eigenvalue weighted by atomic mass is 28.2. The fourth-order valence-corrected chi connectivity index (χ4v) is 0.921. The molecule has 0 aliphatic rings. The van der Waals surface area contributed by atoms with Crippen LogP contribution in [0.4, 0.5) is 0 Å². The van der Waals surface area contributed by atoms with E-state index in [2.05, 4.69) is 4.66 Å². The zero-order chi connectivity index (χ0) is 7.98. The standard InChI is InChI=1S/C5H7NO3Si/c1-4(5(8)9)2-10-6-3-7/h2H,10H2,1H3,(H,8,9). The minimum absolute atomic E-state index is 0.241. The fraction of sp³-hybridized carbons (Fsp3) is 0.200. The molecule has 0 aliphatic heterocycles. The molecule has 0 aromatic heterocycles. The van der Waals surface area contributed by atoms with Gasteiger partial charge in [0.05, 0.1) is 0 Å². The predicted octanol–water partition coefficient (Wildman–Crippen LogP) is -0.606. The van der Waals surface area contributed by atoms with Gasteiger partial charge in [-0.25, -0.2) is 9.59 Å². The van der Waals surface area contributed by atoms with Crippen LogP contribution in [0, 0.1) is 0 Å². The van der Waals surface area contributed by atoms with Gasteiger partial charge in [0.25, 0.3) is 0 Å². The van der Waals surface area contributed by atoms with E-state index in [1.165, 1.54) is 18.7 Å². The van der Waals surface area contributed by atoms with Gasteiger partial charge in [-0.05, 0) is 6.92 Å². The zero-order valence-electron chi connectivity index (χ0n) is 5.50. The van der Waals surface area contributed by atoms with Crippen molar-refractivity contribution in [3.63, 3.8) is 0 Å². The number of hydrogen-bond acceptors (Lipinski definition) is 3. The third-order valence-electron chi connectivity index (χ3n) is 0.891. The Morgan fingerprint density at radius 3 is 2.80 bits per heavy atom. The van der Waals surface area contributed by atoms with E-state index >= 15 is 0 Å². The summed E-state index contributed by atoms with van der Waals surface area (Å²) in [7, 11) is -1.02. The lowest BCUT2D eigenvalue weighted by molar-refractivity contribution is -0.132. The van der Waals surface area contributed by atoms with E-state index in [9.17, 15) is 9.59 Å². The molecule has 0 aromatic rings. The summed E-state index contributed by atoms with van der Waals surface area (Å²) >= 11 is 0. The number of carboxylic acids is 1. The lowest BCUT2D eigenvalue weighted by Crippen LogP contribution is -1.97. The first kappa shape index (κ1) is 8.81. The zero-order valence-corrected chi connectivity index (χ0v) is 6.91. The van der Waals surface area contributed by atoms with Crippen LogP contribution in [0.1, 0.15) is 6.92 Å². The minimum atomic E-state index is -1.02. The van der Waals surface area contributed by atoms with Crippen molar-refractivity contribution in [1.29, 1.82) is 0 Å². The lowest BCUT2D eigenvalue weighted by atomic mass is 10.4. The number of isocyanates is 1. The molecule has 5 heteroatoms. The Labute approximate surface area is 60.2 Å². The van der Waals surface area contributed by atoms with Gasteiger partial charge < -0.3 is 5.11 Å². The van der Waals surface area contributed by atoms with Gasteiger partial charge in [0, 0.05) is 5.57 Å². The van der Waals surface area contributed by atoms with E-state index in [4.69, 9.17) is 5.11 Å². The summed E-state index contributed by atoms with van der Waals surface area (Å²) in [6.45, 7) is 1.47. The normalized spacial score (nSPS) is 11.5. The fourth-order valence-electron chi connectivity index (χ4n) is 0.307. The molecule has 0 unspecified atom stereocenters. The van der Waals surface area contributed by atoms with Crippen molar-refractivity contribution in [3.8, 4) is 0 Å². The maximum atomic E-state index is 10.1. The molecular formula is C5H7NO3Si. The topological polar surface area (TPSA) is 66.7 Å². The van der Waals surface area contributed by atoms with Crippen LogP contribution in [-0.4, -0.2) is 26.8 Å². The van der Waals surface area contributed by atoms with Crippen molar-refractivity contribution < 1.29 is 14.7 Å². The second-order valence-electron chi connectivity index (χ2n) is 1.62. The molecule has 0 heterocycles. The van der Waals surface area contributed by atoms with Crippen molar-refractivity contribution >= 4 is 21.7 Å². The van der Waals surface area contributed by atoms with Gasteiger partial charge in [0.15, 0.2) is 9.68 Å². The summed E-state index contributed by atoms with van der Waals surface area (Å²) in [4.78, 5) is 19.6. The number of carboxylic acid groups (broad SMARTS) is 1. The van der Waals surface area contributed by atoms with Crippen LogP contribution in [0.2, 0.25) is 0 Å². The van der Waals surface area contributed by atoms with E-state index < -0.39 is 15.7 Å². The molecule has 4 nitrogen and oxygen atoms in total. The number of rotatable bonds is 3. The first-order valence-corrected chi connectivity index (χ1v) is 4.07. The Balaban J connectivity index is 3.92. The highest BCUT2D eigenvalue weighted by Gasteiger charge is 1.96. The van der Waals surface area contributed by atoms with Crippen molar-refractivity contribution in [2.45, 2.75) is 6.92 Å². The van der Waals surface area contributed by atoms with E-state index in [0.29, 0.717) is 0 Å². The van der Waals surface area contributed by atoms with Gasteiger partial charge >= 0.3 is 5.97 Å². The largest absolute Gasteiger partial charge is 0.478 e. The summed E-state index contributed by atoms with van der Waals surface area (Å²) in [5.74, 6) is -0.964. The number of carbonyl (C=O) groups excluding carboxylic acids is 1. The van der Waals surface area contributed by atoms with Crippen LogP contribution in [0.25, 0.3) is 0 Å². The highest BCUT2D eigenvalue weighted by Crippen LogP contribution is 1.88. The van der Waals surface area contributed by atoms with Crippen LogP contribution in [0.15, 0.2) is 15.9 Å². The Hall–Kier alpha value is -1.19. The second kappa shape index (κ2) is 4.66. The smallest absolute Gasteiger partial charge is 0.330 e. The molecule has 0 bridgehead atoms. The summed E-state index contributed by atoms with van der Waals surface area (Å²) in [5, 5.41) is 8.30. The van der Waals surface area contributed by atoms with E-state index in [0.717, 1.165) is 0 Å². The van der Waals surface area contributed by atoms with Gasteiger partial charge in [0.2, 0.25) is 6.08 Å². The lowest BCUT2D eigenvalue weighted by Gasteiger charge is -1.86. The maximum Gasteiger partial charge on any atom is 0.330 e. The van der Waals surface area contributed by atoms with Crippen LogP contribution in [0.3, 0.4) is 0 Å². The number of carbonyl (C=O) groups is 1. The molecule has 0 atom stereocenters. The van der Waals surface area contributed by atoms with Gasteiger partial charge in [-0.2, -0.15) is 0 Å². The Morgan fingerprint density at radius 2 is 2.40 bits per heavy atom. The first-order chi connectivity index (χ1) is 4.68. The molecule has 0 saturated carbocycles. The Bertz CT molecular complexity index is 205. The third-order valence-corrected chi connectivity index (χ3v) is 2.00. The maximum absolute atomic E-state index is 10.1. The molecule has 10 heavy (non-hydrogen) atoms. The van der Waals surface area contributed by atoms with E-state index in [1.807, 2.05) is 0 Å². The monoisotopic (exact) mass is 157 g/mol. The molecule has 0 aliphatic carbocycles. The summed E-state index contributed by atoms with van der Waals surface area (Å²) < 4.78 is 3.29. The van der Waals surface area contributed by atoms with Crippen molar-refractivity contribution in [2.75, 3.05) is 0 Å². The molecule has 0 radical (unpaired) electrons. The molecule has 54 valence electrons. The van der Waals surface area contributed by atoms with Crippen LogP contribution in [0.5, 0.6) is 0 Å². The van der Waals surface area contributed by atoms with Crippen LogP contribution < -0.4 is 0 Å². The Morgan fingerprint density at radius 1 is 1.80 bits per heavy atom. The number of hydrogen-bond donors (Lipinski definition) is 1. The second-order valence-corrected chi connectivity index (χ2v) is 2.71. The predicted molar refractivity (Wildman–Crippen MR) is 38.1 cm³/mol. The van der Waals surface area contributed by atoms with Crippen LogP contribution in [-0.2, 0) is 9.59 Å². The molecular weight excluding hydrogens is 150 g/mol. The SMILES string of the molecule is CC(=C[SiH2]N=C=O)C(=O)O. The minimum Gasteiger partial charge on any atom is -0.478 e. The van der Waals surface area contributed by atoms with Gasteiger partial charge in [-0.15, -0.1) is 0 Å². The molecule has 0 saturated heterocycles. The molecule has 1 N–H and O–H groups in total. The van der Waals surface area contributed by atoms with E-state index in [1.54, 1.807) is 0 Å². The van der Waals surface area contributed by atoms with Gasteiger partial charge in [0.1, 0.15) is 0 Å². The average molecular weight is 157 g/mol. The number of nitrogens with zero attached hydrogens (tertiary/aromatic N) is 1. The van der Waals surface area contributed by atoms with Gasteiger partial charge in [-0.3, -0.25) is 4.66 Å². The summed E-state index contributed by atoms with van der Waals surface area (Å²) in [6.07, 6.45) is 1.36. The highest BCUT2D eigenvalue weighted by molar-refractivity contribution is 6.41. The molecule has 0 aromatic carbocycles. The van der Waals surface area contributed by atoms with Crippen molar-refractivity contribution in [1.82, 2.24) is 0 Å². The Kier molecular flexibility index (Phi) is 4.11. The third kappa shape index (κ3) is 3.77. The summed E-state index contributed by atoms with van der Waals surface area (Å²) in [6, 6.07) is 0. The van der Waals surface area contributed by atoms with Crippen LogP contribution >= 0.6 is 0 Å². The average Bonchev–Trinajstić information content (AvgIpc) is 1.88. The van der Waals surface area contributed by atoms with Gasteiger partial charge in [-0.1, -0.05) is 5.70 Å². The van der Waals surface area contributed by atoms with Crippen molar-refractivity contribution in [3.05, 3.63) is 11.3 Å². The molecule has 0 amide bonds. The van der Waals surface area contributed by atoms with E-state index in [-0.39, 0.29) is 5.57 Å². The number of aliphatic carboxylic acids is 1.